The zero-order valence-corrected chi connectivity index (χ0v) is 13.2. The highest BCUT2D eigenvalue weighted by Crippen LogP contribution is 2.27. The van der Waals surface area contributed by atoms with Crippen LogP contribution in [0.25, 0.3) is 0 Å². The van der Waals surface area contributed by atoms with E-state index in [1.54, 1.807) is 7.11 Å². The number of ether oxygens (including phenoxy) is 3. The van der Waals surface area contributed by atoms with Gasteiger partial charge in [-0.3, -0.25) is 0 Å². The molecule has 0 amide bonds. The van der Waals surface area contributed by atoms with E-state index in [-0.39, 0.29) is 11.6 Å². The van der Waals surface area contributed by atoms with Crippen LogP contribution in [0.15, 0.2) is 24.3 Å². The monoisotopic (exact) mass is 281 g/mol. The van der Waals surface area contributed by atoms with E-state index in [0.29, 0.717) is 13.2 Å². The van der Waals surface area contributed by atoms with Crippen LogP contribution in [0.1, 0.15) is 27.7 Å². The predicted molar refractivity (Wildman–Crippen MR) is 81.7 cm³/mol. The Bertz CT molecular complexity index is 388. The largest absolute Gasteiger partial charge is 0.490 e. The van der Waals surface area contributed by atoms with Gasteiger partial charge >= 0.3 is 0 Å². The number of benzene rings is 1. The van der Waals surface area contributed by atoms with Crippen molar-refractivity contribution in [2.24, 2.45) is 0 Å². The Morgan fingerprint density at radius 1 is 1.15 bits per heavy atom. The van der Waals surface area contributed by atoms with Crippen LogP contribution < -0.4 is 14.8 Å². The molecule has 1 atom stereocenters. The van der Waals surface area contributed by atoms with Gasteiger partial charge in [-0.15, -0.1) is 0 Å². The molecular formula is C16H27NO3. The smallest absolute Gasteiger partial charge is 0.161 e. The first-order valence-electron chi connectivity index (χ1n) is 7.08. The third-order valence-electron chi connectivity index (χ3n) is 2.66. The van der Waals surface area contributed by atoms with Crippen molar-refractivity contribution in [1.29, 1.82) is 0 Å². The Hall–Kier alpha value is -1.26. The summed E-state index contributed by atoms with van der Waals surface area (Å²) in [6, 6.07) is 7.72. The highest BCUT2D eigenvalue weighted by Gasteiger charge is 2.17. The maximum atomic E-state index is 6.02. The molecule has 0 aliphatic rings. The molecule has 4 heteroatoms. The first-order valence-corrected chi connectivity index (χ1v) is 7.08. The molecule has 1 rings (SSSR count). The molecule has 114 valence electrons. The lowest BCUT2D eigenvalue weighted by atomic mass is 10.1. The lowest BCUT2D eigenvalue weighted by molar-refractivity contribution is 0.0741. The topological polar surface area (TPSA) is 39.7 Å². The molecule has 1 N–H and O–H groups in total. The van der Waals surface area contributed by atoms with Gasteiger partial charge in [-0.25, -0.2) is 0 Å². The Labute approximate surface area is 122 Å². The van der Waals surface area contributed by atoms with E-state index in [2.05, 4.69) is 26.1 Å². The normalized spacial score (nSPS) is 13.1. The maximum absolute atomic E-state index is 6.02. The molecule has 1 aromatic carbocycles. The summed E-state index contributed by atoms with van der Waals surface area (Å²) < 4.78 is 16.8. The number of nitrogens with one attached hydrogen (secondary N) is 1. The van der Waals surface area contributed by atoms with Crippen molar-refractivity contribution in [3.8, 4) is 11.5 Å². The highest BCUT2D eigenvalue weighted by molar-refractivity contribution is 5.39. The van der Waals surface area contributed by atoms with Gasteiger partial charge in [0.25, 0.3) is 0 Å². The lowest BCUT2D eigenvalue weighted by Gasteiger charge is -2.26. The molecular weight excluding hydrogens is 254 g/mol. The number of methoxy groups -OCH3 is 1. The summed E-state index contributed by atoms with van der Waals surface area (Å²) in [4.78, 5) is 0. The molecule has 1 aromatic rings. The number of hydrogen-bond donors (Lipinski definition) is 1. The fourth-order valence-corrected chi connectivity index (χ4v) is 1.74. The second-order valence-corrected chi connectivity index (χ2v) is 5.71. The molecule has 0 fully saturated rings. The van der Waals surface area contributed by atoms with Crippen LogP contribution in [-0.4, -0.2) is 38.5 Å². The van der Waals surface area contributed by atoms with Gasteiger partial charge in [0.05, 0.1) is 13.2 Å². The van der Waals surface area contributed by atoms with E-state index in [4.69, 9.17) is 14.2 Å². The molecule has 20 heavy (non-hydrogen) atoms. The first-order chi connectivity index (χ1) is 9.46. The van der Waals surface area contributed by atoms with Gasteiger partial charge in [0.1, 0.15) is 6.10 Å². The minimum Gasteiger partial charge on any atom is -0.490 e. The van der Waals surface area contributed by atoms with Gasteiger partial charge < -0.3 is 19.5 Å². The van der Waals surface area contributed by atoms with Gasteiger partial charge in [0, 0.05) is 19.2 Å². The van der Waals surface area contributed by atoms with Gasteiger partial charge in [-0.05, 0) is 39.8 Å². The Morgan fingerprint density at radius 2 is 1.80 bits per heavy atom. The summed E-state index contributed by atoms with van der Waals surface area (Å²) in [5, 5.41) is 3.43. The van der Waals surface area contributed by atoms with Crippen molar-refractivity contribution in [3.05, 3.63) is 24.3 Å². The average molecular weight is 281 g/mol. The SMILES string of the molecule is CCOc1ccccc1OC(CNC(C)(C)C)COC. The second-order valence-electron chi connectivity index (χ2n) is 5.71. The third kappa shape index (κ3) is 6.26. The lowest BCUT2D eigenvalue weighted by Crippen LogP contribution is -2.44. The van der Waals surface area contributed by atoms with Gasteiger partial charge in [-0.2, -0.15) is 0 Å². The summed E-state index contributed by atoms with van der Waals surface area (Å²) in [7, 11) is 1.68. The molecule has 0 saturated carbocycles. The van der Waals surface area contributed by atoms with Crippen molar-refractivity contribution < 1.29 is 14.2 Å². The molecule has 0 saturated heterocycles. The third-order valence-corrected chi connectivity index (χ3v) is 2.66. The average Bonchev–Trinajstić information content (AvgIpc) is 2.38. The Morgan fingerprint density at radius 3 is 2.35 bits per heavy atom. The molecule has 0 aliphatic heterocycles. The van der Waals surface area contributed by atoms with Gasteiger partial charge in [0.2, 0.25) is 0 Å². The summed E-state index contributed by atoms with van der Waals surface area (Å²) in [5.74, 6) is 1.53. The molecule has 0 aromatic heterocycles. The highest BCUT2D eigenvalue weighted by atomic mass is 16.5. The van der Waals surface area contributed by atoms with Crippen LogP contribution in [0.5, 0.6) is 11.5 Å². The van der Waals surface area contributed by atoms with Crippen molar-refractivity contribution >= 4 is 0 Å². The van der Waals surface area contributed by atoms with Crippen LogP contribution in [0.3, 0.4) is 0 Å². The van der Waals surface area contributed by atoms with Gasteiger partial charge in [-0.1, -0.05) is 12.1 Å². The van der Waals surface area contributed by atoms with E-state index in [1.807, 2.05) is 31.2 Å². The number of para-hydroxylation sites is 2. The van der Waals surface area contributed by atoms with Crippen LogP contribution >= 0.6 is 0 Å². The number of rotatable bonds is 8. The van der Waals surface area contributed by atoms with Crippen LogP contribution in [-0.2, 0) is 4.74 Å². The Balaban J connectivity index is 2.69. The minimum absolute atomic E-state index is 0.0504. The van der Waals surface area contributed by atoms with E-state index >= 15 is 0 Å². The molecule has 0 heterocycles. The van der Waals surface area contributed by atoms with Crippen molar-refractivity contribution in [2.45, 2.75) is 39.3 Å². The second kappa shape index (κ2) is 8.12. The fraction of sp³-hybridized carbons (Fsp3) is 0.625. The van der Waals surface area contributed by atoms with E-state index in [1.165, 1.54) is 0 Å². The van der Waals surface area contributed by atoms with Gasteiger partial charge in [0.15, 0.2) is 11.5 Å². The van der Waals surface area contributed by atoms with E-state index in [0.717, 1.165) is 18.0 Å². The van der Waals surface area contributed by atoms with Crippen LogP contribution in [0.2, 0.25) is 0 Å². The Kier molecular flexibility index (Phi) is 6.82. The van der Waals surface area contributed by atoms with Crippen molar-refractivity contribution in [3.63, 3.8) is 0 Å². The summed E-state index contributed by atoms with van der Waals surface area (Å²) in [5.41, 5.74) is 0.0504. The molecule has 1 unspecified atom stereocenters. The number of hydrogen-bond acceptors (Lipinski definition) is 4. The molecule has 0 radical (unpaired) electrons. The first kappa shape index (κ1) is 16.8. The van der Waals surface area contributed by atoms with Crippen molar-refractivity contribution in [2.75, 3.05) is 26.9 Å². The van der Waals surface area contributed by atoms with Crippen LogP contribution in [0, 0.1) is 0 Å². The molecule has 0 spiro atoms. The van der Waals surface area contributed by atoms with Crippen molar-refractivity contribution in [1.82, 2.24) is 5.32 Å². The molecule has 0 bridgehead atoms. The summed E-state index contributed by atoms with van der Waals surface area (Å²) >= 11 is 0. The van der Waals surface area contributed by atoms with Crippen LogP contribution in [0.4, 0.5) is 0 Å². The van der Waals surface area contributed by atoms with E-state index in [9.17, 15) is 0 Å². The summed E-state index contributed by atoms with van der Waals surface area (Å²) in [6.07, 6.45) is -0.0548. The zero-order valence-electron chi connectivity index (χ0n) is 13.2. The summed E-state index contributed by atoms with van der Waals surface area (Å²) in [6.45, 7) is 10.2. The van der Waals surface area contributed by atoms with E-state index < -0.39 is 0 Å². The maximum Gasteiger partial charge on any atom is 0.161 e. The zero-order chi connectivity index (χ0) is 15.0. The minimum atomic E-state index is -0.0548. The predicted octanol–water partition coefficient (Wildman–Crippen LogP) is 2.87. The molecule has 0 aliphatic carbocycles. The molecule has 4 nitrogen and oxygen atoms in total. The quantitative estimate of drug-likeness (QED) is 0.795. The standard InChI is InChI=1S/C16H27NO3/c1-6-19-14-9-7-8-10-15(14)20-13(12-18-5)11-17-16(2,3)4/h7-10,13,17H,6,11-12H2,1-5H3. The fourth-order valence-electron chi connectivity index (χ4n) is 1.74.